The van der Waals surface area contributed by atoms with Crippen LogP contribution in [0, 0.1) is 56.7 Å². The molecule has 1 aliphatic heterocycles. The van der Waals surface area contributed by atoms with Gasteiger partial charge >= 0.3 is 0 Å². The van der Waals surface area contributed by atoms with Crippen LogP contribution in [0.25, 0.3) is 0 Å². The molecule has 6 saturated carbocycles. The van der Waals surface area contributed by atoms with E-state index in [1.165, 1.54) is 64.2 Å². The van der Waals surface area contributed by atoms with Crippen molar-refractivity contribution in [2.45, 2.75) is 130 Å². The molecule has 2 bridgehead atoms. The maximum absolute atomic E-state index is 13.1. The summed E-state index contributed by atoms with van der Waals surface area (Å²) in [5.41, 5.74) is 1.15. The topological polar surface area (TPSA) is 46.5 Å². The van der Waals surface area contributed by atoms with Crippen molar-refractivity contribution < 1.29 is 14.6 Å². The Balaban J connectivity index is 1.21. The van der Waals surface area contributed by atoms with Gasteiger partial charge in [-0.15, -0.1) is 0 Å². The largest absolute Gasteiger partial charge is 0.385 e. The number of hydrogen-bond acceptors (Lipinski definition) is 3. The zero-order chi connectivity index (χ0) is 24.1. The molecule has 0 radical (unpaired) electrons. The molecule has 3 nitrogen and oxygen atoms in total. The molecular formula is C31H48O3. The van der Waals surface area contributed by atoms with Crippen LogP contribution in [0.1, 0.15) is 112 Å². The number of Topliss-reactive ketones (excluding diaryl/α,β-unsaturated/α-hetero) is 1. The lowest BCUT2D eigenvalue weighted by Gasteiger charge is -2.63. The highest BCUT2D eigenvalue weighted by Gasteiger charge is 2.83. The molecule has 1 N–H and O–H groups in total. The van der Waals surface area contributed by atoms with Crippen LogP contribution in [0.5, 0.6) is 0 Å². The summed E-state index contributed by atoms with van der Waals surface area (Å²) in [6.07, 6.45) is 13.6. The summed E-state index contributed by atoms with van der Waals surface area (Å²) in [5, 5.41) is 10.8. The average Bonchev–Trinajstić information content (AvgIpc) is 3.25. The minimum Gasteiger partial charge on any atom is -0.385 e. The van der Waals surface area contributed by atoms with Gasteiger partial charge in [-0.25, -0.2) is 0 Å². The van der Waals surface area contributed by atoms with E-state index in [1.807, 2.05) is 0 Å². The van der Waals surface area contributed by atoms with Crippen LogP contribution in [0.4, 0.5) is 0 Å². The lowest BCUT2D eigenvalue weighted by Crippen LogP contribution is -2.59. The molecule has 0 aromatic carbocycles. The molecule has 0 aromatic rings. The van der Waals surface area contributed by atoms with Crippen molar-refractivity contribution in [1.29, 1.82) is 0 Å². The summed E-state index contributed by atoms with van der Waals surface area (Å²) in [6, 6.07) is 0. The van der Waals surface area contributed by atoms with E-state index >= 15 is 0 Å². The summed E-state index contributed by atoms with van der Waals surface area (Å²) in [5.74, 6) is 3.71. The number of hydrogen-bond donors (Lipinski definition) is 1. The number of ether oxygens (including phenoxy) is 1. The molecular weight excluding hydrogens is 420 g/mol. The first-order chi connectivity index (χ1) is 15.8. The smallest absolute Gasteiger partial charge is 0.162 e. The summed E-state index contributed by atoms with van der Waals surface area (Å²) in [7, 11) is 0. The van der Waals surface area contributed by atoms with Crippen molar-refractivity contribution in [1.82, 2.24) is 0 Å². The van der Waals surface area contributed by atoms with Crippen LogP contribution in [0.3, 0.4) is 0 Å². The predicted octanol–water partition coefficient (Wildman–Crippen LogP) is 6.56. The van der Waals surface area contributed by atoms with E-state index in [0.29, 0.717) is 34.7 Å². The van der Waals surface area contributed by atoms with Crippen LogP contribution in [-0.4, -0.2) is 28.7 Å². The van der Waals surface area contributed by atoms with Crippen molar-refractivity contribution in [3.63, 3.8) is 0 Å². The Morgan fingerprint density at radius 1 is 0.824 bits per heavy atom. The Hall–Kier alpha value is -0.410. The van der Waals surface area contributed by atoms with Gasteiger partial charge in [-0.3, -0.25) is 4.79 Å². The van der Waals surface area contributed by atoms with E-state index in [-0.39, 0.29) is 22.2 Å². The second-order valence-electron chi connectivity index (χ2n) is 16.0. The highest BCUT2D eigenvalue weighted by molar-refractivity contribution is 5.86. The Kier molecular flexibility index (Phi) is 4.25. The molecule has 6 aliphatic carbocycles. The highest BCUT2D eigenvalue weighted by Crippen LogP contribution is 2.89. The van der Waals surface area contributed by atoms with E-state index in [1.54, 1.807) is 0 Å². The average molecular weight is 469 g/mol. The maximum atomic E-state index is 13.1. The number of carbonyl (C=O) groups excluding carboxylic acids is 1. The van der Waals surface area contributed by atoms with Crippen LogP contribution in [0.15, 0.2) is 0 Å². The number of carbonyl (C=O) groups is 1. The Bertz CT molecular complexity index is 937. The van der Waals surface area contributed by atoms with E-state index in [9.17, 15) is 9.90 Å². The zero-order valence-electron chi connectivity index (χ0n) is 22.6. The molecule has 1 heterocycles. The molecule has 7 rings (SSSR count). The fourth-order valence-corrected chi connectivity index (χ4v) is 12.8. The third kappa shape index (κ3) is 2.33. The number of fused-ring (bicyclic) bond motifs is 4. The maximum Gasteiger partial charge on any atom is 0.162 e. The van der Waals surface area contributed by atoms with Gasteiger partial charge in [-0.1, -0.05) is 27.7 Å². The van der Waals surface area contributed by atoms with Gasteiger partial charge in [-0.05, 0) is 129 Å². The monoisotopic (exact) mass is 468 g/mol. The number of aliphatic hydroxyl groups excluding tert-OH is 1. The summed E-state index contributed by atoms with van der Waals surface area (Å²) in [4.78, 5) is 13.1. The van der Waals surface area contributed by atoms with Gasteiger partial charge in [0.1, 0.15) is 6.10 Å². The van der Waals surface area contributed by atoms with Crippen LogP contribution < -0.4 is 0 Å². The summed E-state index contributed by atoms with van der Waals surface area (Å²) >= 11 is 0. The van der Waals surface area contributed by atoms with Crippen molar-refractivity contribution in [3.05, 3.63) is 0 Å². The van der Waals surface area contributed by atoms with E-state index < -0.39 is 6.10 Å². The molecule has 7 fully saturated rings. The van der Waals surface area contributed by atoms with E-state index in [2.05, 4.69) is 41.5 Å². The standard InChI is InChI=1S/C31H48O3/c1-26(2)23-9-10-24-29(6)12-11-20(19-8-7-18-15-22(19)34-27(18,3)4)28(29,5)13-14-30(24)17-31(23,30)16-21(32)25(26)33/h18-20,22-25,33H,7-17H2,1-6H3/t18-,19-,20-,22-,23+,24+,25+,28-,29+,30+,31-/m1/s1. The van der Waals surface area contributed by atoms with Gasteiger partial charge in [0.2, 0.25) is 0 Å². The number of ketones is 1. The van der Waals surface area contributed by atoms with Gasteiger partial charge < -0.3 is 9.84 Å². The molecule has 0 aromatic heterocycles. The third-order valence-electron chi connectivity index (χ3n) is 14.7. The second-order valence-corrected chi connectivity index (χ2v) is 16.0. The van der Waals surface area contributed by atoms with Gasteiger partial charge in [-0.2, -0.15) is 0 Å². The van der Waals surface area contributed by atoms with E-state index in [4.69, 9.17) is 4.74 Å². The zero-order valence-corrected chi connectivity index (χ0v) is 22.6. The van der Waals surface area contributed by atoms with Gasteiger partial charge in [0.25, 0.3) is 0 Å². The van der Waals surface area contributed by atoms with Crippen molar-refractivity contribution >= 4 is 5.78 Å². The lowest BCUT2D eigenvalue weighted by molar-refractivity contribution is -0.175. The molecule has 1 saturated heterocycles. The van der Waals surface area contributed by atoms with Crippen molar-refractivity contribution in [2.75, 3.05) is 0 Å². The van der Waals surface area contributed by atoms with Gasteiger partial charge in [0.05, 0.1) is 11.7 Å². The molecule has 11 atom stereocenters. The summed E-state index contributed by atoms with van der Waals surface area (Å²) < 4.78 is 6.74. The van der Waals surface area contributed by atoms with Crippen LogP contribution >= 0.6 is 0 Å². The van der Waals surface area contributed by atoms with E-state index in [0.717, 1.165) is 23.7 Å². The third-order valence-corrected chi connectivity index (χ3v) is 14.7. The molecule has 0 amide bonds. The number of rotatable bonds is 1. The normalized spacial score (nSPS) is 60.7. The Labute approximate surface area is 207 Å². The highest BCUT2D eigenvalue weighted by atomic mass is 16.5. The van der Waals surface area contributed by atoms with Gasteiger partial charge in [0, 0.05) is 11.8 Å². The second kappa shape index (κ2) is 6.35. The first-order valence-electron chi connectivity index (χ1n) is 14.7. The fraction of sp³-hybridized carbons (Fsp3) is 0.968. The fourth-order valence-electron chi connectivity index (χ4n) is 12.8. The molecule has 34 heavy (non-hydrogen) atoms. The first kappa shape index (κ1) is 22.8. The van der Waals surface area contributed by atoms with Crippen molar-refractivity contribution in [3.8, 4) is 0 Å². The minimum absolute atomic E-state index is 0.0719. The Morgan fingerprint density at radius 3 is 2.32 bits per heavy atom. The van der Waals surface area contributed by atoms with Crippen molar-refractivity contribution in [2.24, 2.45) is 56.7 Å². The number of aliphatic hydroxyl groups is 1. The SMILES string of the molecule is CC1(C)O[C@@H]2C[C@H]1CC[C@@H]2[C@H]1CC[C@@]2(C)[C@@H]3CC[C@H]4C(C)(C)[C@@H](O)C(=O)C[C@@]45C[C@@]35CC[C@]12C. The molecule has 190 valence electrons. The summed E-state index contributed by atoms with van der Waals surface area (Å²) in [6.45, 7) is 14.4. The predicted molar refractivity (Wildman–Crippen MR) is 133 cm³/mol. The van der Waals surface area contributed by atoms with Crippen LogP contribution in [-0.2, 0) is 9.53 Å². The first-order valence-corrected chi connectivity index (χ1v) is 14.7. The molecule has 0 unspecified atom stereocenters. The molecule has 3 heteroatoms. The quantitative estimate of drug-likeness (QED) is 0.474. The Morgan fingerprint density at radius 2 is 1.56 bits per heavy atom. The van der Waals surface area contributed by atoms with Gasteiger partial charge in [0.15, 0.2) is 5.78 Å². The molecule has 2 spiro atoms. The minimum atomic E-state index is -0.761. The molecule has 7 aliphatic rings. The van der Waals surface area contributed by atoms with Crippen LogP contribution in [0.2, 0.25) is 0 Å². The lowest BCUT2D eigenvalue weighted by atomic mass is 9.41.